The van der Waals surface area contributed by atoms with Gasteiger partial charge in [0.15, 0.2) is 11.5 Å². The summed E-state index contributed by atoms with van der Waals surface area (Å²) >= 11 is 0. The van der Waals surface area contributed by atoms with E-state index in [0.29, 0.717) is 6.42 Å². The van der Waals surface area contributed by atoms with Crippen molar-refractivity contribution in [2.24, 2.45) is 0 Å². The minimum atomic E-state index is 0.122. The van der Waals surface area contributed by atoms with Crippen molar-refractivity contribution >= 4 is 11.7 Å². The maximum absolute atomic E-state index is 12.9. The van der Waals surface area contributed by atoms with Crippen LogP contribution in [0.15, 0.2) is 36.5 Å². The van der Waals surface area contributed by atoms with Crippen LogP contribution in [0, 0.1) is 0 Å². The van der Waals surface area contributed by atoms with Gasteiger partial charge in [-0.1, -0.05) is 6.07 Å². The molecule has 0 bridgehead atoms. The van der Waals surface area contributed by atoms with Gasteiger partial charge in [0, 0.05) is 19.8 Å². The molecule has 2 aliphatic heterocycles. The molecule has 1 aromatic carbocycles. The molecule has 3 heterocycles. The number of hydrogen-bond acceptors (Lipinski definition) is 5. The summed E-state index contributed by atoms with van der Waals surface area (Å²) in [5.41, 5.74) is 2.08. The Labute approximate surface area is 146 Å². The second-order valence-electron chi connectivity index (χ2n) is 6.33. The zero-order chi connectivity index (χ0) is 17.2. The van der Waals surface area contributed by atoms with Gasteiger partial charge in [-0.3, -0.25) is 4.79 Å². The third-order valence-electron chi connectivity index (χ3n) is 4.79. The van der Waals surface area contributed by atoms with E-state index >= 15 is 0 Å². The number of pyridine rings is 1. The lowest BCUT2D eigenvalue weighted by Gasteiger charge is -2.25. The number of benzene rings is 1. The van der Waals surface area contributed by atoms with Crippen LogP contribution >= 0.6 is 0 Å². The number of anilines is 1. The molecule has 2 aromatic rings. The molecule has 1 fully saturated rings. The molecular weight excluding hydrogens is 318 g/mol. The van der Waals surface area contributed by atoms with Gasteiger partial charge in [0.1, 0.15) is 5.82 Å². The average Bonchev–Trinajstić information content (AvgIpc) is 3.30. The van der Waals surface area contributed by atoms with Gasteiger partial charge in [-0.2, -0.15) is 0 Å². The number of likely N-dealkylation sites (tertiary alicyclic amines) is 1. The second-order valence-corrected chi connectivity index (χ2v) is 6.33. The maximum Gasteiger partial charge on any atom is 0.231 e. The van der Waals surface area contributed by atoms with E-state index < -0.39 is 0 Å². The largest absolute Gasteiger partial charge is 0.454 e. The number of amides is 1. The number of rotatable bonds is 4. The quantitative estimate of drug-likeness (QED) is 0.928. The molecule has 1 N–H and O–H groups in total. The number of hydrogen-bond donors (Lipinski definition) is 1. The molecule has 6 heteroatoms. The lowest BCUT2D eigenvalue weighted by Crippen LogP contribution is -2.31. The summed E-state index contributed by atoms with van der Waals surface area (Å²) in [6, 6.07) is 9.85. The van der Waals surface area contributed by atoms with Crippen LogP contribution < -0.4 is 14.8 Å². The third-order valence-corrected chi connectivity index (χ3v) is 4.79. The molecule has 0 radical (unpaired) electrons. The zero-order valence-corrected chi connectivity index (χ0v) is 14.2. The summed E-state index contributed by atoms with van der Waals surface area (Å²) in [6.45, 7) is 1.04. The highest BCUT2D eigenvalue weighted by atomic mass is 16.7. The number of nitrogens with zero attached hydrogens (tertiary/aromatic N) is 2. The van der Waals surface area contributed by atoms with Crippen molar-refractivity contribution in [3.63, 3.8) is 0 Å². The molecule has 1 atom stereocenters. The highest BCUT2D eigenvalue weighted by molar-refractivity contribution is 5.80. The predicted octanol–water partition coefficient (Wildman–Crippen LogP) is 2.76. The number of ether oxygens (including phenoxy) is 2. The molecule has 2 aliphatic rings. The monoisotopic (exact) mass is 339 g/mol. The van der Waals surface area contributed by atoms with E-state index in [1.807, 2.05) is 42.3 Å². The van der Waals surface area contributed by atoms with Crippen LogP contribution in [0.5, 0.6) is 11.5 Å². The van der Waals surface area contributed by atoms with Crippen molar-refractivity contribution < 1.29 is 14.3 Å². The van der Waals surface area contributed by atoms with E-state index in [-0.39, 0.29) is 18.7 Å². The van der Waals surface area contributed by atoms with Crippen molar-refractivity contribution in [3.8, 4) is 11.5 Å². The van der Waals surface area contributed by atoms with E-state index in [2.05, 4.69) is 10.3 Å². The molecule has 4 rings (SSSR count). The van der Waals surface area contributed by atoms with Crippen molar-refractivity contribution in [2.45, 2.75) is 25.3 Å². The minimum absolute atomic E-state index is 0.122. The molecule has 1 saturated heterocycles. The fourth-order valence-corrected chi connectivity index (χ4v) is 3.53. The SMILES string of the molecule is CNc1cc([C@@H]2CCCN2C(=O)Cc2ccc3c(c2)OCO3)ccn1. The van der Waals surface area contributed by atoms with Gasteiger partial charge in [-0.15, -0.1) is 0 Å². The minimum Gasteiger partial charge on any atom is -0.454 e. The molecule has 1 amide bonds. The average molecular weight is 339 g/mol. The highest BCUT2D eigenvalue weighted by Crippen LogP contribution is 2.35. The van der Waals surface area contributed by atoms with Crippen LogP contribution in [0.4, 0.5) is 5.82 Å². The first-order valence-electron chi connectivity index (χ1n) is 8.56. The molecule has 0 unspecified atom stereocenters. The normalized spacial score (nSPS) is 18.4. The van der Waals surface area contributed by atoms with Crippen molar-refractivity contribution in [3.05, 3.63) is 47.7 Å². The van der Waals surface area contributed by atoms with Crippen molar-refractivity contribution in [2.75, 3.05) is 25.7 Å². The van der Waals surface area contributed by atoms with Crippen LogP contribution in [0.3, 0.4) is 0 Å². The molecule has 6 nitrogen and oxygen atoms in total. The topological polar surface area (TPSA) is 63.7 Å². The molecule has 25 heavy (non-hydrogen) atoms. The van der Waals surface area contributed by atoms with E-state index in [1.165, 1.54) is 0 Å². The Hall–Kier alpha value is -2.76. The van der Waals surface area contributed by atoms with Crippen LogP contribution in [-0.2, 0) is 11.2 Å². The second kappa shape index (κ2) is 6.63. The summed E-state index contributed by atoms with van der Waals surface area (Å²) in [6.07, 6.45) is 4.17. The van der Waals surface area contributed by atoms with Crippen LogP contribution in [0.25, 0.3) is 0 Å². The first kappa shape index (κ1) is 15.7. The summed E-state index contributed by atoms with van der Waals surface area (Å²) in [4.78, 5) is 19.1. The van der Waals surface area contributed by atoms with Crippen molar-refractivity contribution in [1.29, 1.82) is 0 Å². The Morgan fingerprint density at radius 3 is 3.04 bits per heavy atom. The smallest absolute Gasteiger partial charge is 0.231 e. The summed E-state index contributed by atoms with van der Waals surface area (Å²) in [7, 11) is 1.85. The van der Waals surface area contributed by atoms with E-state index in [0.717, 1.165) is 47.8 Å². The fourth-order valence-electron chi connectivity index (χ4n) is 3.53. The first-order valence-corrected chi connectivity index (χ1v) is 8.56. The molecular formula is C19H21N3O3. The van der Waals surface area contributed by atoms with Gasteiger partial charge in [0.05, 0.1) is 12.5 Å². The summed E-state index contributed by atoms with van der Waals surface area (Å²) in [5, 5.41) is 3.06. The predicted molar refractivity (Wildman–Crippen MR) is 93.7 cm³/mol. The Morgan fingerprint density at radius 2 is 2.16 bits per heavy atom. The Morgan fingerprint density at radius 1 is 1.28 bits per heavy atom. The van der Waals surface area contributed by atoms with Crippen LogP contribution in [0.1, 0.15) is 30.0 Å². The molecule has 1 aromatic heterocycles. The summed E-state index contributed by atoms with van der Waals surface area (Å²) in [5.74, 6) is 2.43. The molecule has 130 valence electrons. The molecule has 0 spiro atoms. The standard InChI is InChI=1S/C19H21N3O3/c1-20-18-11-14(6-7-21-18)15-3-2-8-22(15)19(23)10-13-4-5-16-17(9-13)25-12-24-16/h4-7,9,11,15H,2-3,8,10,12H2,1H3,(H,20,21)/t15-/m0/s1. The van der Waals surface area contributed by atoms with E-state index in [1.54, 1.807) is 6.20 Å². The van der Waals surface area contributed by atoms with Gasteiger partial charge < -0.3 is 19.7 Å². The maximum atomic E-state index is 12.9. The van der Waals surface area contributed by atoms with E-state index in [9.17, 15) is 4.79 Å². The third kappa shape index (κ3) is 3.12. The first-order chi connectivity index (χ1) is 12.2. The van der Waals surface area contributed by atoms with Gasteiger partial charge in [0.2, 0.25) is 12.7 Å². The van der Waals surface area contributed by atoms with Gasteiger partial charge in [-0.05, 0) is 48.2 Å². The number of aromatic nitrogens is 1. The van der Waals surface area contributed by atoms with E-state index in [4.69, 9.17) is 9.47 Å². The lowest BCUT2D eigenvalue weighted by molar-refractivity contribution is -0.131. The van der Waals surface area contributed by atoms with Gasteiger partial charge in [0.25, 0.3) is 0 Å². The van der Waals surface area contributed by atoms with Crippen LogP contribution in [0.2, 0.25) is 0 Å². The molecule has 0 saturated carbocycles. The highest BCUT2D eigenvalue weighted by Gasteiger charge is 2.30. The Bertz CT molecular complexity index is 793. The Balaban J connectivity index is 1.50. The van der Waals surface area contributed by atoms with Gasteiger partial charge >= 0.3 is 0 Å². The molecule has 0 aliphatic carbocycles. The lowest BCUT2D eigenvalue weighted by atomic mass is 10.0. The summed E-state index contributed by atoms with van der Waals surface area (Å²) < 4.78 is 10.7. The van der Waals surface area contributed by atoms with Crippen LogP contribution in [-0.4, -0.2) is 36.2 Å². The number of carbonyl (C=O) groups excluding carboxylic acids is 1. The van der Waals surface area contributed by atoms with Crippen molar-refractivity contribution in [1.82, 2.24) is 9.88 Å². The number of nitrogens with one attached hydrogen (secondary N) is 1. The fraction of sp³-hybridized carbons (Fsp3) is 0.368. The van der Waals surface area contributed by atoms with Gasteiger partial charge in [-0.25, -0.2) is 4.98 Å². The Kier molecular flexibility index (Phi) is 4.17. The number of fused-ring (bicyclic) bond motifs is 1. The number of carbonyl (C=O) groups is 1. The zero-order valence-electron chi connectivity index (χ0n) is 14.2.